The van der Waals surface area contributed by atoms with Gasteiger partial charge in [0.15, 0.2) is 24.7 Å². The first-order chi connectivity index (χ1) is 29.3. The SMILES string of the molecule is C[C@@H]1CC[C@@]2(OC1)O[C@H]1C[C@H]3[C@@H]4CC=C5C[C@@H](O[C@@H]6O[C@H](CO)[C@@H](O[C@@H]7O[C@@H](C)[C@H](O[C@@H]8O[C@@H](C)[C@H](O)[C@@H](O)[C@H]8O)[C@@H](O)[C@H]7O)[C@H](O)[C@H]6O)CC[C@]5(C)[C@H]4CC[C@]3(C)[C@@]1(O)[C@@H]2C. The Bertz CT molecular complexity index is 1640. The molecule has 5 aliphatic heterocycles. The van der Waals surface area contributed by atoms with Crippen LogP contribution in [0.4, 0.5) is 0 Å². The molecule has 0 unspecified atom stereocenters. The van der Waals surface area contributed by atoms with E-state index < -0.39 is 110 Å². The molecule has 9 aliphatic rings. The van der Waals surface area contributed by atoms with Gasteiger partial charge in [-0.3, -0.25) is 0 Å². The van der Waals surface area contributed by atoms with Gasteiger partial charge >= 0.3 is 0 Å². The minimum absolute atomic E-state index is 0.0587. The van der Waals surface area contributed by atoms with Crippen LogP contribution < -0.4 is 0 Å². The average Bonchev–Trinajstić information content (AvgIpc) is 3.60. The molecule has 354 valence electrons. The van der Waals surface area contributed by atoms with E-state index in [-0.39, 0.29) is 29.0 Å². The van der Waals surface area contributed by atoms with Gasteiger partial charge in [-0.1, -0.05) is 39.3 Å². The molecule has 0 aromatic heterocycles. The zero-order valence-corrected chi connectivity index (χ0v) is 36.8. The number of aliphatic hydroxyl groups is 9. The Balaban J connectivity index is 0.817. The first-order valence-electron chi connectivity index (χ1n) is 23.3. The Morgan fingerprint density at radius 3 is 2.02 bits per heavy atom. The summed E-state index contributed by atoms with van der Waals surface area (Å²) in [7, 11) is 0. The lowest BCUT2D eigenvalue weighted by Crippen LogP contribution is -2.65. The van der Waals surface area contributed by atoms with E-state index in [0.29, 0.717) is 43.1 Å². The molecule has 17 nitrogen and oxygen atoms in total. The number of hydrogen-bond donors (Lipinski definition) is 9. The van der Waals surface area contributed by atoms with Crippen molar-refractivity contribution in [1.82, 2.24) is 0 Å². The van der Waals surface area contributed by atoms with Crippen LogP contribution in [0.2, 0.25) is 0 Å². The van der Waals surface area contributed by atoms with Crippen LogP contribution in [0.3, 0.4) is 0 Å². The van der Waals surface area contributed by atoms with Gasteiger partial charge in [0.25, 0.3) is 0 Å². The van der Waals surface area contributed by atoms with Crippen molar-refractivity contribution in [3.05, 3.63) is 11.6 Å². The first kappa shape index (κ1) is 46.2. The monoisotopic (exact) mass is 884 g/mol. The fraction of sp³-hybridized carbons (Fsp3) is 0.956. The summed E-state index contributed by atoms with van der Waals surface area (Å²) < 4.78 is 48.7. The zero-order valence-electron chi connectivity index (χ0n) is 36.8. The normalized spacial score (nSPS) is 58.9. The van der Waals surface area contributed by atoms with Crippen molar-refractivity contribution in [1.29, 1.82) is 0 Å². The second-order valence-electron chi connectivity index (χ2n) is 21.2. The highest BCUT2D eigenvalue weighted by atomic mass is 16.8. The molecule has 5 saturated heterocycles. The smallest absolute Gasteiger partial charge is 0.187 e. The van der Waals surface area contributed by atoms with Crippen molar-refractivity contribution in [3.8, 4) is 0 Å². The molecule has 0 aromatic carbocycles. The second kappa shape index (κ2) is 16.7. The van der Waals surface area contributed by atoms with E-state index in [1.54, 1.807) is 0 Å². The Morgan fingerprint density at radius 1 is 0.694 bits per heavy atom. The van der Waals surface area contributed by atoms with Gasteiger partial charge in [0.05, 0.1) is 37.6 Å². The van der Waals surface area contributed by atoms with Crippen LogP contribution in [0.5, 0.6) is 0 Å². The van der Waals surface area contributed by atoms with Crippen LogP contribution in [0, 0.1) is 40.4 Å². The lowest BCUT2D eigenvalue weighted by atomic mass is 9.46. The predicted octanol–water partition coefficient (Wildman–Crippen LogP) is 0.357. The van der Waals surface area contributed by atoms with Gasteiger partial charge in [-0.15, -0.1) is 0 Å². The van der Waals surface area contributed by atoms with Crippen molar-refractivity contribution >= 4 is 0 Å². The third-order valence-corrected chi connectivity index (χ3v) is 17.9. The van der Waals surface area contributed by atoms with E-state index in [0.717, 1.165) is 44.9 Å². The van der Waals surface area contributed by atoms with Gasteiger partial charge < -0.3 is 83.9 Å². The molecule has 3 saturated carbocycles. The number of rotatable bonds is 7. The standard InChI is InChI=1S/C45H72O17/c1-19-9-14-44(55-18-19)22(4)45(54)29(62-44)16-27-25-8-7-23-15-24(10-12-42(23,5)26(25)11-13-43(27,45)6)58-41-36(53)33(50)38(28(17-46)59-41)61-40-35(52)32(49)37(21(3)57-40)60-39-34(51)31(48)30(47)20(2)56-39/h7,19-22,24-41,46-54H,8-18H2,1-6H3/t19-,20+,21+,22-,24+,25-,26+,27+,28-,29+,30+,31-,32+,33-,34-,35-,36-,37+,38-,39+,40+,41-,42+,43+,44-,45-/m1/s1. The highest BCUT2D eigenvalue weighted by molar-refractivity contribution is 5.29. The lowest BCUT2D eigenvalue weighted by Gasteiger charge is -2.60. The van der Waals surface area contributed by atoms with E-state index in [9.17, 15) is 46.0 Å². The maximum absolute atomic E-state index is 12.7. The number of fused-ring (bicyclic) bond motifs is 7. The van der Waals surface area contributed by atoms with Gasteiger partial charge in [-0.05, 0) is 94.3 Å². The summed E-state index contributed by atoms with van der Waals surface area (Å²) in [5.74, 6) is 0.838. The van der Waals surface area contributed by atoms with Crippen molar-refractivity contribution in [3.63, 3.8) is 0 Å². The van der Waals surface area contributed by atoms with Gasteiger partial charge in [-0.25, -0.2) is 0 Å². The molecule has 9 rings (SSSR count). The third-order valence-electron chi connectivity index (χ3n) is 17.9. The van der Waals surface area contributed by atoms with E-state index in [4.69, 9.17) is 37.9 Å². The highest BCUT2D eigenvalue weighted by Gasteiger charge is 2.76. The van der Waals surface area contributed by atoms with Crippen LogP contribution in [0.25, 0.3) is 0 Å². The van der Waals surface area contributed by atoms with Crippen LogP contribution in [0.15, 0.2) is 11.6 Å². The van der Waals surface area contributed by atoms with E-state index in [1.807, 2.05) is 0 Å². The molecular formula is C45H72O17. The number of hydrogen-bond acceptors (Lipinski definition) is 17. The zero-order chi connectivity index (χ0) is 44.4. The lowest BCUT2D eigenvalue weighted by molar-refractivity contribution is -0.376. The fourth-order valence-corrected chi connectivity index (χ4v) is 13.9. The van der Waals surface area contributed by atoms with Gasteiger partial charge in [-0.2, -0.15) is 0 Å². The molecule has 62 heavy (non-hydrogen) atoms. The van der Waals surface area contributed by atoms with E-state index in [2.05, 4.69) is 33.8 Å². The van der Waals surface area contributed by atoms with Crippen LogP contribution >= 0.6 is 0 Å². The summed E-state index contributed by atoms with van der Waals surface area (Å²) >= 11 is 0. The van der Waals surface area contributed by atoms with Crippen molar-refractivity contribution < 1.29 is 83.9 Å². The van der Waals surface area contributed by atoms with Gasteiger partial charge in [0.2, 0.25) is 0 Å². The number of aliphatic hydroxyl groups excluding tert-OH is 8. The number of ether oxygens (including phenoxy) is 8. The Hall–Kier alpha value is -0.940. The Labute approximate surface area is 363 Å². The largest absolute Gasteiger partial charge is 0.394 e. The minimum atomic E-state index is -1.76. The average molecular weight is 885 g/mol. The first-order valence-corrected chi connectivity index (χ1v) is 23.3. The molecular weight excluding hydrogens is 812 g/mol. The van der Waals surface area contributed by atoms with E-state index >= 15 is 0 Å². The highest BCUT2D eigenvalue weighted by Crippen LogP contribution is 2.72. The maximum atomic E-state index is 12.7. The molecule has 5 heterocycles. The predicted molar refractivity (Wildman–Crippen MR) is 214 cm³/mol. The van der Waals surface area contributed by atoms with Crippen LogP contribution in [-0.4, -0.2) is 175 Å². The Kier molecular flexibility index (Phi) is 12.4. The number of allylic oxidation sites excluding steroid dienone is 1. The Morgan fingerprint density at radius 2 is 1.34 bits per heavy atom. The van der Waals surface area contributed by atoms with Crippen LogP contribution in [0.1, 0.15) is 99.3 Å². The maximum Gasteiger partial charge on any atom is 0.187 e. The third kappa shape index (κ3) is 7.05. The van der Waals surface area contributed by atoms with Crippen molar-refractivity contribution in [2.45, 2.75) is 215 Å². The summed E-state index contributed by atoms with van der Waals surface area (Å²) in [4.78, 5) is 0. The summed E-state index contributed by atoms with van der Waals surface area (Å²) in [6.45, 7) is 12.1. The quantitative estimate of drug-likeness (QED) is 0.157. The molecule has 0 amide bonds. The topological polar surface area (TPSA) is 256 Å². The van der Waals surface area contributed by atoms with Crippen molar-refractivity contribution in [2.24, 2.45) is 40.4 Å². The molecule has 0 radical (unpaired) electrons. The molecule has 9 N–H and O–H groups in total. The van der Waals surface area contributed by atoms with Gasteiger partial charge in [0.1, 0.15) is 66.6 Å². The van der Waals surface area contributed by atoms with Crippen molar-refractivity contribution in [2.75, 3.05) is 13.2 Å². The molecule has 0 aromatic rings. The summed E-state index contributed by atoms with van der Waals surface area (Å²) in [5, 5.41) is 98.7. The second-order valence-corrected chi connectivity index (χ2v) is 21.2. The molecule has 4 aliphatic carbocycles. The summed E-state index contributed by atoms with van der Waals surface area (Å²) in [6, 6.07) is 0. The molecule has 0 bridgehead atoms. The summed E-state index contributed by atoms with van der Waals surface area (Å²) in [5.41, 5.74) is 0.0317. The molecule has 8 fully saturated rings. The molecule has 26 atom stereocenters. The summed E-state index contributed by atoms with van der Waals surface area (Å²) in [6.07, 6.45) is -11.8. The van der Waals surface area contributed by atoms with Gasteiger partial charge in [0, 0.05) is 17.8 Å². The molecule has 1 spiro atoms. The minimum Gasteiger partial charge on any atom is -0.394 e. The van der Waals surface area contributed by atoms with E-state index in [1.165, 1.54) is 19.4 Å². The van der Waals surface area contributed by atoms with Crippen LogP contribution in [-0.2, 0) is 37.9 Å². The molecule has 17 heteroatoms. The fourth-order valence-electron chi connectivity index (χ4n) is 13.9.